The molecule has 4 aromatic rings. The molecular formula is C29H27N3OS2. The molecule has 2 N–H and O–H groups in total. The van der Waals surface area contributed by atoms with Crippen molar-refractivity contribution in [3.63, 3.8) is 0 Å². The molecule has 1 unspecified atom stereocenters. The quantitative estimate of drug-likeness (QED) is 0.193. The van der Waals surface area contributed by atoms with E-state index < -0.39 is 0 Å². The Hall–Kier alpha value is -3.61. The first-order chi connectivity index (χ1) is 17.1. The lowest BCUT2D eigenvalue weighted by Crippen LogP contribution is -2.34. The molecule has 0 aromatic heterocycles. The van der Waals surface area contributed by atoms with Crippen LogP contribution in [0, 0.1) is 0 Å². The summed E-state index contributed by atoms with van der Waals surface area (Å²) in [5.41, 5.74) is 3.55. The molecule has 6 heteroatoms. The van der Waals surface area contributed by atoms with Crippen LogP contribution in [0.1, 0.15) is 13.3 Å². The van der Waals surface area contributed by atoms with Gasteiger partial charge < -0.3 is 10.6 Å². The number of amides is 1. The van der Waals surface area contributed by atoms with Gasteiger partial charge >= 0.3 is 0 Å². The number of hydrogen-bond acceptors (Lipinski definition) is 3. The van der Waals surface area contributed by atoms with Crippen molar-refractivity contribution < 1.29 is 4.79 Å². The maximum Gasteiger partial charge on any atom is 0.245 e. The highest BCUT2D eigenvalue weighted by atomic mass is 32.2. The number of carbonyl (C=O) groups excluding carboxylic acids is 1. The number of benzene rings is 4. The maximum absolute atomic E-state index is 13.7. The molecule has 0 aliphatic rings. The molecule has 0 bridgehead atoms. The fourth-order valence-electron chi connectivity index (χ4n) is 3.61. The van der Waals surface area contributed by atoms with Gasteiger partial charge in [0, 0.05) is 27.6 Å². The van der Waals surface area contributed by atoms with Crippen molar-refractivity contribution in [3.05, 3.63) is 115 Å². The topological polar surface area (TPSA) is 44.4 Å². The zero-order chi connectivity index (χ0) is 24.5. The predicted molar refractivity (Wildman–Crippen MR) is 153 cm³/mol. The molecule has 176 valence electrons. The van der Waals surface area contributed by atoms with E-state index in [1.807, 2.05) is 127 Å². The van der Waals surface area contributed by atoms with Crippen molar-refractivity contribution in [2.24, 2.45) is 0 Å². The van der Waals surface area contributed by atoms with Crippen molar-refractivity contribution in [2.75, 3.05) is 15.5 Å². The predicted octanol–water partition coefficient (Wildman–Crippen LogP) is 7.73. The highest BCUT2D eigenvalue weighted by molar-refractivity contribution is 8.00. The van der Waals surface area contributed by atoms with E-state index in [0.29, 0.717) is 11.5 Å². The Kier molecular flexibility index (Phi) is 8.54. The molecule has 1 atom stereocenters. The van der Waals surface area contributed by atoms with Gasteiger partial charge in [0.25, 0.3) is 0 Å². The molecule has 35 heavy (non-hydrogen) atoms. The second-order valence-electron chi connectivity index (χ2n) is 7.83. The van der Waals surface area contributed by atoms with Gasteiger partial charge in [0.2, 0.25) is 5.91 Å². The molecular weight excluding hydrogens is 470 g/mol. The summed E-state index contributed by atoms with van der Waals surface area (Å²) >= 11 is 7.00. The monoisotopic (exact) mass is 497 g/mol. The van der Waals surface area contributed by atoms with Crippen LogP contribution in [0.25, 0.3) is 0 Å². The maximum atomic E-state index is 13.7. The lowest BCUT2D eigenvalue weighted by Gasteiger charge is -2.27. The zero-order valence-corrected chi connectivity index (χ0v) is 21.1. The van der Waals surface area contributed by atoms with E-state index in [1.54, 1.807) is 11.8 Å². The Morgan fingerprint density at radius 1 is 0.743 bits per heavy atom. The second kappa shape index (κ2) is 12.2. The number of nitrogens with zero attached hydrogens (tertiary/aromatic N) is 1. The van der Waals surface area contributed by atoms with Crippen LogP contribution in [0.5, 0.6) is 0 Å². The number of carbonyl (C=O) groups is 1. The normalized spacial score (nSPS) is 11.3. The van der Waals surface area contributed by atoms with Crippen LogP contribution in [0.15, 0.2) is 120 Å². The third-order valence-corrected chi connectivity index (χ3v) is 6.89. The van der Waals surface area contributed by atoms with E-state index in [2.05, 4.69) is 10.6 Å². The van der Waals surface area contributed by atoms with Gasteiger partial charge in [-0.15, -0.1) is 11.8 Å². The molecule has 4 nitrogen and oxygen atoms in total. The van der Waals surface area contributed by atoms with Crippen molar-refractivity contribution in [1.29, 1.82) is 0 Å². The summed E-state index contributed by atoms with van der Waals surface area (Å²) in [5, 5.41) is 6.68. The summed E-state index contributed by atoms with van der Waals surface area (Å²) in [7, 11) is 0. The SMILES string of the molecule is CCC(Sc1ccc(NC(=S)Nc2ccccc2)cc1)C(=O)N(c1ccccc1)c1ccccc1. The molecule has 0 saturated carbocycles. The lowest BCUT2D eigenvalue weighted by atomic mass is 10.2. The summed E-state index contributed by atoms with van der Waals surface area (Å²) in [6.45, 7) is 2.05. The van der Waals surface area contributed by atoms with Crippen LogP contribution in [-0.2, 0) is 4.79 Å². The van der Waals surface area contributed by atoms with Crippen molar-refractivity contribution in [2.45, 2.75) is 23.5 Å². The van der Waals surface area contributed by atoms with Crippen molar-refractivity contribution >= 4 is 57.7 Å². The molecule has 1 amide bonds. The number of thiocarbonyl (C=S) groups is 1. The molecule has 0 aliphatic heterocycles. The molecule has 4 rings (SSSR count). The number of nitrogens with one attached hydrogen (secondary N) is 2. The molecule has 4 aromatic carbocycles. The van der Waals surface area contributed by atoms with E-state index in [1.165, 1.54) is 0 Å². The number of rotatable bonds is 8. The van der Waals surface area contributed by atoms with E-state index in [-0.39, 0.29) is 11.2 Å². The van der Waals surface area contributed by atoms with Gasteiger partial charge in [-0.1, -0.05) is 61.5 Å². The van der Waals surface area contributed by atoms with Gasteiger partial charge in [-0.3, -0.25) is 9.69 Å². The average molecular weight is 498 g/mol. The largest absolute Gasteiger partial charge is 0.332 e. The van der Waals surface area contributed by atoms with Crippen LogP contribution in [-0.4, -0.2) is 16.3 Å². The van der Waals surface area contributed by atoms with Crippen LogP contribution >= 0.6 is 24.0 Å². The summed E-state index contributed by atoms with van der Waals surface area (Å²) in [6, 6.07) is 37.4. The molecule has 0 saturated heterocycles. The minimum absolute atomic E-state index is 0.0605. The standard InChI is InChI=1S/C29H27N3OS2/c1-2-27(28(33)32(24-14-8-4-9-15-24)25-16-10-5-11-17-25)35-26-20-18-23(19-21-26)31-29(34)30-22-12-6-3-7-13-22/h3-21,27H,2H2,1H3,(H2,30,31,34). The van der Waals surface area contributed by atoms with Crippen molar-refractivity contribution in [1.82, 2.24) is 0 Å². The second-order valence-corrected chi connectivity index (χ2v) is 9.51. The number of anilines is 4. The van der Waals surface area contributed by atoms with Gasteiger partial charge in [-0.05, 0) is 79.3 Å². The Morgan fingerprint density at radius 2 is 1.20 bits per heavy atom. The summed E-state index contributed by atoms with van der Waals surface area (Å²) in [4.78, 5) is 16.6. The highest BCUT2D eigenvalue weighted by Gasteiger charge is 2.26. The van der Waals surface area contributed by atoms with Gasteiger partial charge in [0.1, 0.15) is 0 Å². The van der Waals surface area contributed by atoms with Gasteiger partial charge in [0.05, 0.1) is 5.25 Å². The van der Waals surface area contributed by atoms with Crippen molar-refractivity contribution in [3.8, 4) is 0 Å². The third-order valence-electron chi connectivity index (χ3n) is 5.32. The van der Waals surface area contributed by atoms with Gasteiger partial charge in [-0.25, -0.2) is 0 Å². The first kappa shape index (κ1) is 24.5. The summed E-state index contributed by atoms with van der Waals surface area (Å²) in [5.74, 6) is 0.0605. The Bertz CT molecular complexity index is 1190. The Morgan fingerprint density at radius 3 is 1.69 bits per heavy atom. The average Bonchev–Trinajstić information content (AvgIpc) is 2.90. The number of hydrogen-bond donors (Lipinski definition) is 2. The van der Waals surface area contributed by atoms with E-state index in [0.717, 1.165) is 27.6 Å². The fraction of sp³-hybridized carbons (Fsp3) is 0.103. The fourth-order valence-corrected chi connectivity index (χ4v) is 4.84. The molecule has 0 aliphatic carbocycles. The molecule has 0 radical (unpaired) electrons. The third kappa shape index (κ3) is 6.72. The minimum Gasteiger partial charge on any atom is -0.332 e. The van der Waals surface area contributed by atoms with E-state index >= 15 is 0 Å². The molecule has 0 heterocycles. The lowest BCUT2D eigenvalue weighted by molar-refractivity contribution is -0.117. The Labute approximate surface area is 216 Å². The van der Waals surface area contributed by atoms with Gasteiger partial charge in [0.15, 0.2) is 5.11 Å². The molecule has 0 spiro atoms. The van der Waals surface area contributed by atoms with Crippen LogP contribution in [0.4, 0.5) is 22.7 Å². The number of thioether (sulfide) groups is 1. The highest BCUT2D eigenvalue weighted by Crippen LogP contribution is 2.33. The summed E-state index contributed by atoms with van der Waals surface area (Å²) in [6.07, 6.45) is 0.713. The zero-order valence-electron chi connectivity index (χ0n) is 19.4. The minimum atomic E-state index is -0.227. The van der Waals surface area contributed by atoms with Gasteiger partial charge in [-0.2, -0.15) is 0 Å². The van der Waals surface area contributed by atoms with E-state index in [9.17, 15) is 4.79 Å². The van der Waals surface area contributed by atoms with E-state index in [4.69, 9.17) is 12.2 Å². The first-order valence-electron chi connectivity index (χ1n) is 11.5. The Balaban J connectivity index is 1.45. The number of para-hydroxylation sites is 3. The smallest absolute Gasteiger partial charge is 0.245 e. The van der Waals surface area contributed by atoms with Crippen LogP contribution in [0.2, 0.25) is 0 Å². The summed E-state index contributed by atoms with van der Waals surface area (Å²) < 4.78 is 0. The first-order valence-corrected chi connectivity index (χ1v) is 12.8. The molecule has 0 fully saturated rings. The van der Waals surface area contributed by atoms with Crippen LogP contribution in [0.3, 0.4) is 0 Å². The van der Waals surface area contributed by atoms with Crippen LogP contribution < -0.4 is 15.5 Å².